The van der Waals surface area contributed by atoms with E-state index in [2.05, 4.69) is 43.5 Å². The average molecular weight is 540 g/mol. The number of amides is 1. The highest BCUT2D eigenvalue weighted by Crippen LogP contribution is 2.13. The summed E-state index contributed by atoms with van der Waals surface area (Å²) in [5.74, 6) is -0.604. The van der Waals surface area contributed by atoms with Gasteiger partial charge >= 0.3 is 0 Å². The molecule has 4 unspecified atom stereocenters. The maximum Gasteiger partial charge on any atom is 0.249 e. The predicted octanol–water partition coefficient (Wildman–Crippen LogP) is 6.50. The van der Waals surface area contributed by atoms with Crippen molar-refractivity contribution in [2.24, 2.45) is 0 Å². The molecule has 224 valence electrons. The number of aliphatic hydroxyl groups excluding tert-OH is 4. The van der Waals surface area contributed by atoms with Gasteiger partial charge in [0.1, 0.15) is 12.2 Å². The summed E-state index contributed by atoms with van der Waals surface area (Å²) < 4.78 is 0. The van der Waals surface area contributed by atoms with Gasteiger partial charge in [-0.05, 0) is 51.4 Å². The number of hydrogen-bond donors (Lipinski definition) is 5. The second-order valence-electron chi connectivity index (χ2n) is 10.8. The van der Waals surface area contributed by atoms with Crippen LogP contribution in [0.15, 0.2) is 24.3 Å². The summed E-state index contributed by atoms with van der Waals surface area (Å²) in [6.07, 6.45) is 26.3. The quantitative estimate of drug-likeness (QED) is 0.0604. The number of carbonyl (C=O) groups excluding carboxylic acids is 1. The second kappa shape index (κ2) is 27.4. The number of aliphatic hydroxyl groups is 4. The van der Waals surface area contributed by atoms with E-state index in [1.165, 1.54) is 64.2 Å². The van der Waals surface area contributed by atoms with Crippen LogP contribution in [-0.2, 0) is 4.79 Å². The van der Waals surface area contributed by atoms with E-state index in [0.29, 0.717) is 19.3 Å². The number of rotatable bonds is 27. The van der Waals surface area contributed by atoms with E-state index in [-0.39, 0.29) is 0 Å². The van der Waals surface area contributed by atoms with Crippen molar-refractivity contribution in [1.82, 2.24) is 5.32 Å². The summed E-state index contributed by atoms with van der Waals surface area (Å²) >= 11 is 0. The lowest BCUT2D eigenvalue weighted by Gasteiger charge is -2.27. The zero-order valence-corrected chi connectivity index (χ0v) is 24.7. The molecule has 0 saturated heterocycles. The van der Waals surface area contributed by atoms with Gasteiger partial charge in [0.05, 0.1) is 18.8 Å². The normalized spacial score (nSPS) is 15.2. The summed E-state index contributed by atoms with van der Waals surface area (Å²) in [6.45, 7) is 3.94. The molecule has 0 aliphatic heterocycles. The smallest absolute Gasteiger partial charge is 0.249 e. The van der Waals surface area contributed by atoms with Crippen molar-refractivity contribution in [3.63, 3.8) is 0 Å². The number of unbranched alkanes of at least 4 members (excludes halogenated alkanes) is 14. The Hall–Kier alpha value is -1.21. The Morgan fingerprint density at radius 1 is 0.632 bits per heavy atom. The molecule has 0 spiro atoms. The van der Waals surface area contributed by atoms with Gasteiger partial charge in [0, 0.05) is 0 Å². The van der Waals surface area contributed by atoms with E-state index >= 15 is 0 Å². The van der Waals surface area contributed by atoms with Gasteiger partial charge in [0.2, 0.25) is 5.91 Å². The number of nitrogens with one attached hydrogen (secondary N) is 1. The fraction of sp³-hybridized carbons (Fsp3) is 0.844. The lowest BCUT2D eigenvalue weighted by Crippen LogP contribution is -2.53. The fourth-order valence-corrected chi connectivity index (χ4v) is 4.53. The Labute approximate surface area is 234 Å². The summed E-state index contributed by atoms with van der Waals surface area (Å²) in [4.78, 5) is 12.3. The first-order valence-corrected chi connectivity index (χ1v) is 15.7. The third-order valence-corrected chi connectivity index (χ3v) is 7.14. The van der Waals surface area contributed by atoms with Crippen LogP contribution < -0.4 is 5.32 Å². The first-order chi connectivity index (χ1) is 18.5. The van der Waals surface area contributed by atoms with Crippen LogP contribution >= 0.6 is 0 Å². The monoisotopic (exact) mass is 539 g/mol. The van der Waals surface area contributed by atoms with Gasteiger partial charge in [-0.25, -0.2) is 0 Å². The highest BCUT2D eigenvalue weighted by molar-refractivity contribution is 5.80. The minimum Gasteiger partial charge on any atom is -0.394 e. The summed E-state index contributed by atoms with van der Waals surface area (Å²) in [5, 5.41) is 43.1. The van der Waals surface area contributed by atoms with Crippen LogP contribution in [0.25, 0.3) is 0 Å². The molecular weight excluding hydrogens is 478 g/mol. The molecule has 6 heteroatoms. The van der Waals surface area contributed by atoms with Crippen LogP contribution in [-0.4, -0.2) is 57.3 Å². The third-order valence-electron chi connectivity index (χ3n) is 7.14. The molecule has 4 atom stereocenters. The molecule has 0 saturated carbocycles. The Balaban J connectivity index is 3.99. The minimum absolute atomic E-state index is 0.361. The van der Waals surface area contributed by atoms with Gasteiger partial charge in [-0.1, -0.05) is 115 Å². The van der Waals surface area contributed by atoms with E-state index in [0.717, 1.165) is 44.9 Å². The molecule has 0 aliphatic carbocycles. The molecule has 38 heavy (non-hydrogen) atoms. The van der Waals surface area contributed by atoms with Crippen molar-refractivity contribution in [3.8, 4) is 0 Å². The number of allylic oxidation sites excluding steroid dienone is 4. The molecule has 5 N–H and O–H groups in total. The summed E-state index contributed by atoms with van der Waals surface area (Å²) in [7, 11) is 0. The summed E-state index contributed by atoms with van der Waals surface area (Å²) in [6, 6.07) is -1.00. The molecule has 0 rings (SSSR count). The Bertz CT molecular complexity index is 580. The molecule has 0 aromatic carbocycles. The maximum absolute atomic E-state index is 12.3. The molecule has 6 nitrogen and oxygen atoms in total. The second-order valence-corrected chi connectivity index (χ2v) is 10.8. The average Bonchev–Trinajstić information content (AvgIpc) is 2.92. The standard InChI is InChI=1S/C32H61NO5/c1-3-5-7-9-11-13-14-15-16-18-19-21-23-25-29(35)31(37)28(27-34)33-32(38)30(36)26-24-22-20-17-12-10-8-6-4-2/h13-14,18-19,28-31,34-37H,3-12,15-17,20-27H2,1-2H3,(H,33,38)/b14-13+,19-18+. The summed E-state index contributed by atoms with van der Waals surface area (Å²) in [5.41, 5.74) is 0. The molecule has 0 aromatic rings. The van der Waals surface area contributed by atoms with Crippen LogP contribution in [0, 0.1) is 0 Å². The van der Waals surface area contributed by atoms with Crippen LogP contribution in [0.2, 0.25) is 0 Å². The molecular formula is C32H61NO5. The van der Waals surface area contributed by atoms with Crippen LogP contribution in [0.1, 0.15) is 142 Å². The highest BCUT2D eigenvalue weighted by atomic mass is 16.3. The Morgan fingerprint density at radius 3 is 1.66 bits per heavy atom. The van der Waals surface area contributed by atoms with Crippen molar-refractivity contribution in [2.45, 2.75) is 167 Å². The van der Waals surface area contributed by atoms with Crippen LogP contribution in [0.5, 0.6) is 0 Å². The molecule has 0 aliphatic rings. The van der Waals surface area contributed by atoms with E-state index in [4.69, 9.17) is 0 Å². The van der Waals surface area contributed by atoms with Crippen molar-refractivity contribution in [2.75, 3.05) is 6.61 Å². The number of carbonyl (C=O) groups is 1. The van der Waals surface area contributed by atoms with E-state index in [9.17, 15) is 25.2 Å². The van der Waals surface area contributed by atoms with Gasteiger partial charge in [0.15, 0.2) is 0 Å². The molecule has 0 heterocycles. The fourth-order valence-electron chi connectivity index (χ4n) is 4.53. The topological polar surface area (TPSA) is 110 Å². The van der Waals surface area contributed by atoms with Crippen molar-refractivity contribution >= 4 is 5.91 Å². The lowest BCUT2D eigenvalue weighted by molar-refractivity contribution is -0.132. The zero-order chi connectivity index (χ0) is 28.3. The van der Waals surface area contributed by atoms with Crippen molar-refractivity contribution in [3.05, 3.63) is 24.3 Å². The zero-order valence-electron chi connectivity index (χ0n) is 24.7. The SMILES string of the molecule is CCCCCC/C=C/CC/C=C/CCCC(O)C(O)C(CO)NC(=O)C(O)CCCCCCCCCCC. The van der Waals surface area contributed by atoms with Gasteiger partial charge in [-0.2, -0.15) is 0 Å². The van der Waals surface area contributed by atoms with E-state index in [1.807, 2.05) is 0 Å². The Morgan fingerprint density at radius 2 is 1.11 bits per heavy atom. The number of hydrogen-bond acceptors (Lipinski definition) is 5. The molecule has 0 fully saturated rings. The maximum atomic E-state index is 12.3. The van der Waals surface area contributed by atoms with Gasteiger partial charge < -0.3 is 25.7 Å². The highest BCUT2D eigenvalue weighted by Gasteiger charge is 2.28. The molecule has 0 radical (unpaired) electrons. The molecule has 0 bridgehead atoms. The Kier molecular flexibility index (Phi) is 26.5. The molecule has 1 amide bonds. The van der Waals surface area contributed by atoms with E-state index in [1.54, 1.807) is 0 Å². The molecule has 0 aromatic heterocycles. The first-order valence-electron chi connectivity index (χ1n) is 15.7. The van der Waals surface area contributed by atoms with Gasteiger partial charge in [-0.15, -0.1) is 0 Å². The lowest BCUT2D eigenvalue weighted by atomic mass is 10.00. The van der Waals surface area contributed by atoms with Crippen molar-refractivity contribution in [1.29, 1.82) is 0 Å². The van der Waals surface area contributed by atoms with Gasteiger partial charge in [-0.3, -0.25) is 4.79 Å². The predicted molar refractivity (Wildman–Crippen MR) is 159 cm³/mol. The van der Waals surface area contributed by atoms with Gasteiger partial charge in [0.25, 0.3) is 0 Å². The minimum atomic E-state index is -1.28. The first kappa shape index (κ1) is 36.8. The van der Waals surface area contributed by atoms with E-state index < -0.39 is 36.9 Å². The largest absolute Gasteiger partial charge is 0.394 e. The van der Waals surface area contributed by atoms with Crippen molar-refractivity contribution < 1.29 is 25.2 Å². The van der Waals surface area contributed by atoms with Crippen LogP contribution in [0.3, 0.4) is 0 Å². The van der Waals surface area contributed by atoms with Crippen LogP contribution in [0.4, 0.5) is 0 Å². The third kappa shape index (κ3) is 21.7.